The third-order valence-electron chi connectivity index (χ3n) is 3.87. The molecule has 0 saturated carbocycles. The molecule has 0 atom stereocenters. The molecule has 0 bridgehead atoms. The normalized spacial score (nSPS) is 11.4. The maximum atomic E-state index is 12.9. The van der Waals surface area contributed by atoms with Gasteiger partial charge in [0.2, 0.25) is 0 Å². The van der Waals surface area contributed by atoms with Crippen molar-refractivity contribution in [1.29, 1.82) is 0 Å². The number of ether oxygens (including phenoxy) is 1. The van der Waals surface area contributed by atoms with Gasteiger partial charge in [0.15, 0.2) is 0 Å². The predicted octanol–water partition coefficient (Wildman–Crippen LogP) is 4.67. The first-order valence-electron chi connectivity index (χ1n) is 7.58. The van der Waals surface area contributed by atoms with Crippen molar-refractivity contribution in [2.45, 2.75) is 6.18 Å². The Balaban J connectivity index is 1.88. The van der Waals surface area contributed by atoms with Crippen LogP contribution in [0.15, 0.2) is 42.6 Å². The summed E-state index contributed by atoms with van der Waals surface area (Å²) < 4.78 is 43.8. The zero-order valence-electron chi connectivity index (χ0n) is 13.8. The van der Waals surface area contributed by atoms with Crippen molar-refractivity contribution in [2.24, 2.45) is 0 Å². The average Bonchev–Trinajstić information content (AvgIpc) is 3.04. The fourth-order valence-corrected chi connectivity index (χ4v) is 2.77. The molecule has 5 nitrogen and oxygen atoms in total. The number of carbonyl (C=O) groups is 2. The Hall–Kier alpha value is -3.00. The first kappa shape index (κ1) is 18.8. The summed E-state index contributed by atoms with van der Waals surface area (Å²) in [5.41, 5.74) is -0.613. The van der Waals surface area contributed by atoms with Gasteiger partial charge < -0.3 is 15.0 Å². The van der Waals surface area contributed by atoms with Crippen LogP contribution in [-0.4, -0.2) is 23.8 Å². The number of fused-ring (bicyclic) bond motifs is 1. The lowest BCUT2D eigenvalue weighted by Gasteiger charge is -2.11. The van der Waals surface area contributed by atoms with Gasteiger partial charge in [0.05, 0.1) is 23.3 Å². The Morgan fingerprint density at radius 2 is 1.89 bits per heavy atom. The molecule has 0 radical (unpaired) electrons. The molecular formula is C18H12ClF3N2O3. The van der Waals surface area contributed by atoms with Gasteiger partial charge in [0.1, 0.15) is 5.75 Å². The average molecular weight is 397 g/mol. The number of benzene rings is 2. The highest BCUT2D eigenvalue weighted by molar-refractivity contribution is 6.48. The van der Waals surface area contributed by atoms with E-state index < -0.39 is 28.5 Å². The van der Waals surface area contributed by atoms with Gasteiger partial charge in [-0.15, -0.1) is 0 Å². The van der Waals surface area contributed by atoms with Gasteiger partial charge in [-0.05, 0) is 36.4 Å². The molecule has 0 aliphatic carbocycles. The fourth-order valence-electron chi connectivity index (χ4n) is 2.55. The maximum Gasteiger partial charge on any atom is 0.417 e. The van der Waals surface area contributed by atoms with Crippen molar-refractivity contribution in [3.63, 3.8) is 0 Å². The Bertz CT molecular complexity index is 1040. The summed E-state index contributed by atoms with van der Waals surface area (Å²) in [5, 5.41) is 2.13. The third-order valence-corrected chi connectivity index (χ3v) is 4.20. The molecule has 140 valence electrons. The summed E-state index contributed by atoms with van der Waals surface area (Å²) in [6.07, 6.45) is -3.33. The summed E-state index contributed by atoms with van der Waals surface area (Å²) in [5.74, 6) is -1.49. The van der Waals surface area contributed by atoms with Gasteiger partial charge in [-0.1, -0.05) is 11.6 Å². The van der Waals surface area contributed by atoms with Gasteiger partial charge in [-0.2, -0.15) is 13.2 Å². The maximum absolute atomic E-state index is 12.9. The first-order valence-corrected chi connectivity index (χ1v) is 7.96. The van der Waals surface area contributed by atoms with E-state index in [-0.39, 0.29) is 11.3 Å². The molecule has 1 amide bonds. The van der Waals surface area contributed by atoms with E-state index in [1.165, 1.54) is 19.4 Å². The molecule has 2 N–H and O–H groups in total. The second-order valence-corrected chi connectivity index (χ2v) is 6.00. The monoisotopic (exact) mass is 396 g/mol. The molecule has 2 aromatic carbocycles. The van der Waals surface area contributed by atoms with E-state index in [4.69, 9.17) is 16.3 Å². The SMILES string of the molecule is COc1ccc2[nH]cc(C(=O)C(=O)Nc3ccc(Cl)c(C(F)(F)F)c3)c2c1. The Morgan fingerprint density at radius 3 is 2.56 bits per heavy atom. The van der Waals surface area contributed by atoms with Gasteiger partial charge in [0.25, 0.3) is 11.7 Å². The molecule has 0 aliphatic heterocycles. The van der Waals surface area contributed by atoms with Crippen molar-refractivity contribution in [3.05, 3.63) is 58.7 Å². The van der Waals surface area contributed by atoms with Crippen LogP contribution in [0.2, 0.25) is 5.02 Å². The number of anilines is 1. The Kier molecular flexibility index (Phi) is 4.84. The zero-order valence-corrected chi connectivity index (χ0v) is 14.5. The minimum absolute atomic E-state index is 0.0754. The van der Waals surface area contributed by atoms with Crippen molar-refractivity contribution in [1.82, 2.24) is 4.98 Å². The number of aromatic nitrogens is 1. The number of methoxy groups -OCH3 is 1. The number of carbonyl (C=O) groups excluding carboxylic acids is 2. The molecule has 3 rings (SSSR count). The number of aromatic amines is 1. The molecule has 0 saturated heterocycles. The standard InChI is InChI=1S/C18H12ClF3N2O3/c1-27-10-3-5-15-11(7-10)12(8-23-15)16(25)17(26)24-9-2-4-14(19)13(6-9)18(20,21)22/h2-8,23H,1H3,(H,24,26). The number of Topliss-reactive ketones (excluding diaryl/α,β-unsaturated/α-hetero) is 1. The highest BCUT2D eigenvalue weighted by Crippen LogP contribution is 2.36. The minimum atomic E-state index is -4.69. The fraction of sp³-hybridized carbons (Fsp3) is 0.111. The van der Waals surface area contributed by atoms with E-state index in [0.717, 1.165) is 6.07 Å². The van der Waals surface area contributed by atoms with Crippen LogP contribution in [0.4, 0.5) is 18.9 Å². The number of hydrogen-bond donors (Lipinski definition) is 2. The third kappa shape index (κ3) is 3.75. The highest BCUT2D eigenvalue weighted by Gasteiger charge is 2.33. The summed E-state index contributed by atoms with van der Waals surface area (Å²) >= 11 is 5.54. The van der Waals surface area contributed by atoms with Gasteiger partial charge in [-0.3, -0.25) is 9.59 Å². The van der Waals surface area contributed by atoms with E-state index in [2.05, 4.69) is 10.3 Å². The number of amides is 1. The van der Waals surface area contributed by atoms with Crippen LogP contribution < -0.4 is 10.1 Å². The smallest absolute Gasteiger partial charge is 0.417 e. The largest absolute Gasteiger partial charge is 0.497 e. The summed E-state index contributed by atoms with van der Waals surface area (Å²) in [6.45, 7) is 0. The number of hydrogen-bond acceptors (Lipinski definition) is 3. The second kappa shape index (κ2) is 6.96. The van der Waals surface area contributed by atoms with Crippen LogP contribution in [0, 0.1) is 0 Å². The molecule has 0 spiro atoms. The summed E-state index contributed by atoms with van der Waals surface area (Å²) in [7, 11) is 1.46. The van der Waals surface area contributed by atoms with Crippen molar-refractivity contribution in [3.8, 4) is 5.75 Å². The topological polar surface area (TPSA) is 71.2 Å². The second-order valence-electron chi connectivity index (χ2n) is 5.59. The van der Waals surface area contributed by atoms with Crippen LogP contribution in [0.1, 0.15) is 15.9 Å². The molecule has 0 aliphatic rings. The van der Waals surface area contributed by atoms with E-state index in [9.17, 15) is 22.8 Å². The molecule has 1 aromatic heterocycles. The Labute approximate surface area is 156 Å². The number of nitrogens with one attached hydrogen (secondary N) is 2. The number of halogens is 4. The lowest BCUT2D eigenvalue weighted by atomic mass is 10.1. The lowest BCUT2D eigenvalue weighted by molar-refractivity contribution is -0.137. The van der Waals surface area contributed by atoms with Crippen LogP contribution in [0.3, 0.4) is 0 Å². The molecular weight excluding hydrogens is 385 g/mol. The molecule has 3 aromatic rings. The number of alkyl halides is 3. The van der Waals surface area contributed by atoms with Crippen LogP contribution in [0.5, 0.6) is 5.75 Å². The van der Waals surface area contributed by atoms with Gasteiger partial charge in [-0.25, -0.2) is 0 Å². The molecule has 9 heteroatoms. The van der Waals surface area contributed by atoms with Crippen LogP contribution in [-0.2, 0) is 11.0 Å². The van der Waals surface area contributed by atoms with E-state index in [1.54, 1.807) is 18.2 Å². The quantitative estimate of drug-likeness (QED) is 0.497. The van der Waals surface area contributed by atoms with Crippen LogP contribution >= 0.6 is 11.6 Å². The molecule has 0 fully saturated rings. The highest BCUT2D eigenvalue weighted by atomic mass is 35.5. The van der Waals surface area contributed by atoms with Crippen molar-refractivity contribution < 1.29 is 27.5 Å². The number of rotatable bonds is 4. The van der Waals surface area contributed by atoms with Crippen molar-refractivity contribution in [2.75, 3.05) is 12.4 Å². The molecule has 27 heavy (non-hydrogen) atoms. The summed E-state index contributed by atoms with van der Waals surface area (Å²) in [6, 6.07) is 7.79. The first-order chi connectivity index (χ1) is 12.7. The van der Waals surface area contributed by atoms with Crippen LogP contribution in [0.25, 0.3) is 10.9 Å². The van der Waals surface area contributed by atoms with E-state index in [0.29, 0.717) is 22.7 Å². The van der Waals surface area contributed by atoms with E-state index >= 15 is 0 Å². The number of ketones is 1. The van der Waals surface area contributed by atoms with E-state index in [1.807, 2.05) is 0 Å². The van der Waals surface area contributed by atoms with Gasteiger partial charge in [0, 0.05) is 22.8 Å². The number of H-pyrrole nitrogens is 1. The molecule has 1 heterocycles. The Morgan fingerprint density at radius 1 is 1.15 bits per heavy atom. The van der Waals surface area contributed by atoms with Gasteiger partial charge >= 0.3 is 6.18 Å². The predicted molar refractivity (Wildman–Crippen MR) is 94.3 cm³/mol. The lowest BCUT2D eigenvalue weighted by Crippen LogP contribution is -2.23. The zero-order chi connectivity index (χ0) is 19.8. The minimum Gasteiger partial charge on any atom is -0.497 e. The summed E-state index contributed by atoms with van der Waals surface area (Å²) in [4.78, 5) is 27.5. The molecule has 0 unspecified atom stereocenters. The van der Waals surface area contributed by atoms with Crippen molar-refractivity contribution >= 4 is 39.9 Å².